The molecular formula is C41H53N3O9. The number of imide groups is 1. The van der Waals surface area contributed by atoms with Crippen molar-refractivity contribution in [3.63, 3.8) is 0 Å². The maximum absolute atomic E-state index is 13.7. The minimum atomic E-state index is -1.27. The number of hydrogen-bond donors (Lipinski definition) is 3. The number of aromatic nitrogens is 1. The first-order valence-corrected chi connectivity index (χ1v) is 19.3. The van der Waals surface area contributed by atoms with E-state index in [-0.39, 0.29) is 46.9 Å². The van der Waals surface area contributed by atoms with Crippen LogP contribution < -0.4 is 20.4 Å². The SMILES string of the molecule is C=C[C@]1(C)C[C@@H](OC(=O)NC(=O)C2CCN(c3ccc4c(=O)c(C(=O)O)cn5c4c3OC[C@@H]5CC)CC2)[C@@]2(C)C3C(=O)CCC3(CC[C@H]2C)[C@@H](C)[C@@H]1O. The first-order chi connectivity index (χ1) is 25.1. The van der Waals surface area contributed by atoms with Gasteiger partial charge in [-0.25, -0.2) is 9.59 Å². The number of anilines is 1. The number of alkyl carbamates (subject to hydrolysis) is 1. The standard InChI is InChI=1S/C41H53N3O9/c1-7-25-21-52-33-28(10-9-26-31(33)44(25)20-27(32(26)46)37(49)50)43-17-13-24(14-18-43)36(48)42-38(51)53-30-19-39(5,8-2)35(47)23(4)41-15-11-22(3)40(30,6)34(41)29(45)12-16-41/h8-10,20,22-25,30,34-35,47H,2,7,11-19,21H2,1,3-6H3,(H,49,50)(H,42,48,51)/t22-,23+,25+,30-,34?,35+,39-,40+,41?/m1/s1. The van der Waals surface area contributed by atoms with Crippen molar-refractivity contribution >= 4 is 40.3 Å². The van der Waals surface area contributed by atoms with Gasteiger partial charge in [-0.05, 0) is 74.3 Å². The van der Waals surface area contributed by atoms with Gasteiger partial charge in [0.05, 0.1) is 28.7 Å². The van der Waals surface area contributed by atoms with Gasteiger partial charge in [0.15, 0.2) is 5.75 Å². The van der Waals surface area contributed by atoms with Gasteiger partial charge >= 0.3 is 12.1 Å². The summed E-state index contributed by atoms with van der Waals surface area (Å²) in [4.78, 5) is 68.0. The number of ketones is 1. The normalized spacial score (nSPS) is 35.4. The highest BCUT2D eigenvalue weighted by Crippen LogP contribution is 2.68. The highest BCUT2D eigenvalue weighted by Gasteiger charge is 2.68. The summed E-state index contributed by atoms with van der Waals surface area (Å²) < 4.78 is 14.3. The van der Waals surface area contributed by atoms with Gasteiger partial charge in [0.25, 0.3) is 0 Å². The number of piperidine rings is 1. The van der Waals surface area contributed by atoms with E-state index in [1.165, 1.54) is 6.20 Å². The van der Waals surface area contributed by atoms with E-state index >= 15 is 0 Å². The molecule has 1 aromatic carbocycles. The van der Waals surface area contributed by atoms with Crippen LogP contribution in [0.5, 0.6) is 5.75 Å². The van der Waals surface area contributed by atoms with Crippen LogP contribution in [0.4, 0.5) is 10.5 Å². The van der Waals surface area contributed by atoms with Crippen LogP contribution in [0, 0.1) is 39.9 Å². The third-order valence-electron chi connectivity index (χ3n) is 14.6. The number of carbonyl (C=O) groups excluding carboxylic acids is 3. The number of aromatic carboxylic acids is 1. The Morgan fingerprint density at radius 3 is 2.49 bits per heavy atom. The van der Waals surface area contributed by atoms with E-state index in [1.54, 1.807) is 18.2 Å². The van der Waals surface area contributed by atoms with Crippen molar-refractivity contribution in [3.05, 3.63) is 46.8 Å². The summed E-state index contributed by atoms with van der Waals surface area (Å²) in [6.45, 7) is 15.6. The fourth-order valence-electron chi connectivity index (χ4n) is 11.1. The summed E-state index contributed by atoms with van der Waals surface area (Å²) >= 11 is 0. The number of carboxylic acids is 1. The average Bonchev–Trinajstić information content (AvgIpc) is 3.50. The number of aliphatic hydroxyl groups is 1. The van der Waals surface area contributed by atoms with Gasteiger partial charge in [0.1, 0.15) is 24.1 Å². The molecule has 2 amide bonds. The highest BCUT2D eigenvalue weighted by molar-refractivity contribution is 5.97. The van der Waals surface area contributed by atoms with Crippen molar-refractivity contribution in [1.82, 2.24) is 9.88 Å². The molecule has 3 aliphatic carbocycles. The summed E-state index contributed by atoms with van der Waals surface area (Å²) in [5.74, 6) is -1.89. The van der Waals surface area contributed by atoms with Crippen LogP contribution in [0.25, 0.3) is 10.9 Å². The zero-order chi connectivity index (χ0) is 38.2. The quantitative estimate of drug-likeness (QED) is 0.306. The van der Waals surface area contributed by atoms with E-state index < -0.39 is 57.8 Å². The Balaban J connectivity index is 1.08. The van der Waals surface area contributed by atoms with E-state index in [4.69, 9.17) is 9.47 Å². The molecule has 286 valence electrons. The number of carbonyl (C=O) groups is 4. The number of aliphatic hydroxyl groups excluding tert-OH is 1. The first kappa shape index (κ1) is 37.1. The molecule has 5 aliphatic rings. The average molecular weight is 732 g/mol. The Morgan fingerprint density at radius 2 is 1.83 bits per heavy atom. The van der Waals surface area contributed by atoms with Gasteiger partial charge < -0.3 is 29.2 Å². The van der Waals surface area contributed by atoms with Crippen molar-refractivity contribution in [2.45, 2.75) is 104 Å². The fourth-order valence-corrected chi connectivity index (χ4v) is 11.1. The van der Waals surface area contributed by atoms with E-state index in [0.717, 1.165) is 18.5 Å². The van der Waals surface area contributed by atoms with Crippen LogP contribution in [0.2, 0.25) is 0 Å². The summed E-state index contributed by atoms with van der Waals surface area (Å²) in [6.07, 6.45) is 5.53. The Labute approximate surface area is 309 Å². The molecule has 53 heavy (non-hydrogen) atoms. The molecule has 0 spiro atoms. The number of hydrogen-bond acceptors (Lipinski definition) is 9. The number of benzene rings is 1. The van der Waals surface area contributed by atoms with E-state index in [0.29, 0.717) is 63.1 Å². The minimum Gasteiger partial charge on any atom is -0.487 e. The van der Waals surface area contributed by atoms with Crippen LogP contribution in [-0.2, 0) is 14.3 Å². The molecule has 1 saturated heterocycles. The molecule has 2 aliphatic heterocycles. The lowest BCUT2D eigenvalue weighted by atomic mass is 9.44. The Morgan fingerprint density at radius 1 is 1.11 bits per heavy atom. The maximum atomic E-state index is 13.7. The first-order valence-electron chi connectivity index (χ1n) is 19.3. The fraction of sp³-hybridized carbons (Fsp3) is 0.634. The molecule has 3 N–H and O–H groups in total. The molecule has 2 bridgehead atoms. The summed E-state index contributed by atoms with van der Waals surface area (Å²) in [5.41, 5.74) is -1.36. The molecule has 12 nitrogen and oxygen atoms in total. The van der Waals surface area contributed by atoms with Gasteiger partial charge in [-0.2, -0.15) is 0 Å². The number of ether oxygens (including phenoxy) is 2. The van der Waals surface area contributed by atoms with Crippen molar-refractivity contribution in [1.29, 1.82) is 0 Å². The predicted octanol–water partition coefficient (Wildman–Crippen LogP) is 5.88. The van der Waals surface area contributed by atoms with E-state index in [1.807, 2.05) is 18.4 Å². The molecule has 7 rings (SSSR count). The Hall–Kier alpha value is -4.19. The van der Waals surface area contributed by atoms with Crippen LogP contribution in [0.15, 0.2) is 35.8 Å². The molecule has 4 fully saturated rings. The Kier molecular flexibility index (Phi) is 9.31. The Bertz CT molecular complexity index is 1930. The molecule has 3 heterocycles. The van der Waals surface area contributed by atoms with Crippen molar-refractivity contribution < 1.29 is 38.9 Å². The lowest BCUT2D eigenvalue weighted by Crippen LogP contribution is -2.63. The lowest BCUT2D eigenvalue weighted by molar-refractivity contribution is -0.191. The molecule has 1 aromatic heterocycles. The number of rotatable bonds is 6. The third-order valence-corrected chi connectivity index (χ3v) is 14.6. The molecular weight excluding hydrogens is 678 g/mol. The summed E-state index contributed by atoms with van der Waals surface area (Å²) in [7, 11) is 0. The topological polar surface area (TPSA) is 164 Å². The van der Waals surface area contributed by atoms with Crippen LogP contribution in [-0.4, -0.2) is 70.4 Å². The number of Topliss-reactive ketones (excluding diaryl/α,β-unsaturated/α-hetero) is 1. The van der Waals surface area contributed by atoms with Crippen LogP contribution >= 0.6 is 0 Å². The lowest BCUT2D eigenvalue weighted by Gasteiger charge is -2.61. The second-order valence-electron chi connectivity index (χ2n) is 17.0. The zero-order valence-electron chi connectivity index (χ0n) is 31.5. The van der Waals surface area contributed by atoms with E-state index in [9.17, 15) is 34.2 Å². The number of carboxylic acid groups (broad SMARTS) is 1. The number of amides is 2. The van der Waals surface area contributed by atoms with Gasteiger partial charge in [-0.1, -0.05) is 40.7 Å². The molecule has 0 radical (unpaired) electrons. The van der Waals surface area contributed by atoms with Gasteiger partial charge in [0, 0.05) is 48.4 Å². The van der Waals surface area contributed by atoms with Gasteiger partial charge in [0.2, 0.25) is 11.3 Å². The van der Waals surface area contributed by atoms with Crippen LogP contribution in [0.3, 0.4) is 0 Å². The second kappa shape index (κ2) is 13.3. The summed E-state index contributed by atoms with van der Waals surface area (Å²) in [5, 5.41) is 24.3. The molecule has 2 unspecified atom stereocenters. The smallest absolute Gasteiger partial charge is 0.414 e. The van der Waals surface area contributed by atoms with Crippen LogP contribution in [0.1, 0.15) is 102 Å². The zero-order valence-corrected chi connectivity index (χ0v) is 31.5. The van der Waals surface area contributed by atoms with E-state index in [2.05, 4.69) is 37.6 Å². The molecule has 2 aromatic rings. The van der Waals surface area contributed by atoms with Crippen molar-refractivity contribution in [3.8, 4) is 5.75 Å². The third kappa shape index (κ3) is 5.60. The van der Waals surface area contributed by atoms with Crippen molar-refractivity contribution in [2.24, 2.45) is 39.9 Å². The van der Waals surface area contributed by atoms with Gasteiger partial charge in [-0.15, -0.1) is 6.58 Å². The number of pyridine rings is 1. The number of nitrogens with one attached hydrogen (secondary N) is 1. The monoisotopic (exact) mass is 731 g/mol. The molecule has 9 atom stereocenters. The van der Waals surface area contributed by atoms with Crippen molar-refractivity contribution in [2.75, 3.05) is 24.6 Å². The maximum Gasteiger partial charge on any atom is 0.414 e. The second-order valence-corrected chi connectivity index (χ2v) is 17.0. The molecule has 12 heteroatoms. The molecule has 3 saturated carbocycles. The summed E-state index contributed by atoms with van der Waals surface area (Å²) in [6, 6.07) is 3.30. The minimum absolute atomic E-state index is 0.0723. The largest absolute Gasteiger partial charge is 0.487 e. The predicted molar refractivity (Wildman–Crippen MR) is 198 cm³/mol. The number of nitrogens with zero attached hydrogens (tertiary/aromatic N) is 2. The van der Waals surface area contributed by atoms with Gasteiger partial charge in [-0.3, -0.25) is 19.7 Å². The highest BCUT2D eigenvalue weighted by atomic mass is 16.6.